The van der Waals surface area contributed by atoms with Gasteiger partial charge in [-0.05, 0) is 36.8 Å². The van der Waals surface area contributed by atoms with Gasteiger partial charge in [-0.2, -0.15) is 0 Å². The van der Waals surface area contributed by atoms with Crippen LogP contribution in [-0.4, -0.2) is 24.0 Å². The van der Waals surface area contributed by atoms with Crippen LogP contribution in [0.25, 0.3) is 9.53 Å². The molecular weight excluding hydrogens is 326 g/mol. The molecule has 1 amide bonds. The van der Waals surface area contributed by atoms with Crippen LogP contribution in [0.1, 0.15) is 25.7 Å². The number of halogens is 1. The topological polar surface area (TPSA) is 54.0 Å². The molecule has 114 valence electrons. The van der Waals surface area contributed by atoms with Gasteiger partial charge in [0.1, 0.15) is 4.01 Å². The van der Waals surface area contributed by atoms with Crippen LogP contribution in [0.4, 0.5) is 5.13 Å². The molecule has 1 aliphatic heterocycles. The first-order valence-corrected chi connectivity index (χ1v) is 8.84. The molecule has 0 spiro atoms. The number of fused-ring (bicyclic) bond motifs is 2. The summed E-state index contributed by atoms with van der Waals surface area (Å²) in [6, 6.07) is 2.00. The summed E-state index contributed by atoms with van der Waals surface area (Å²) in [6.45, 7) is 1.81. The van der Waals surface area contributed by atoms with E-state index in [1.807, 2.05) is 11.4 Å². The minimum absolute atomic E-state index is 0. The minimum atomic E-state index is -0.197. The van der Waals surface area contributed by atoms with Gasteiger partial charge in [0.2, 0.25) is 5.91 Å². The van der Waals surface area contributed by atoms with Crippen LogP contribution in [0, 0.1) is 11.3 Å². The third kappa shape index (κ3) is 2.48. The number of nitrogens with one attached hydrogen (secondary N) is 2. The highest BCUT2D eigenvalue weighted by Gasteiger charge is 2.49. The molecule has 2 N–H and O–H groups in total. The second-order valence-electron chi connectivity index (χ2n) is 5.80. The maximum absolute atomic E-state index is 12.8. The third-order valence-corrected chi connectivity index (χ3v) is 6.75. The Morgan fingerprint density at radius 1 is 1.48 bits per heavy atom. The van der Waals surface area contributed by atoms with Crippen molar-refractivity contribution in [3.05, 3.63) is 11.4 Å². The Morgan fingerprint density at radius 2 is 2.38 bits per heavy atom. The summed E-state index contributed by atoms with van der Waals surface area (Å²) in [5, 5.41) is 9.29. The van der Waals surface area contributed by atoms with Crippen LogP contribution < -0.4 is 10.6 Å². The van der Waals surface area contributed by atoms with Gasteiger partial charge in [0, 0.05) is 6.54 Å². The average molecular weight is 344 g/mol. The third-order valence-electron chi connectivity index (χ3n) is 4.73. The first kappa shape index (κ1) is 15.2. The lowest BCUT2D eigenvalue weighted by Crippen LogP contribution is -2.44. The zero-order chi connectivity index (χ0) is 13.6. The van der Waals surface area contributed by atoms with Crippen molar-refractivity contribution in [2.45, 2.75) is 25.7 Å². The van der Waals surface area contributed by atoms with E-state index in [-0.39, 0.29) is 23.7 Å². The van der Waals surface area contributed by atoms with Crippen molar-refractivity contribution in [3.8, 4) is 0 Å². The number of carbonyl (C=O) groups excluding carboxylic acids is 1. The molecule has 0 unspecified atom stereocenters. The summed E-state index contributed by atoms with van der Waals surface area (Å²) >= 11 is 3.26. The van der Waals surface area contributed by atoms with E-state index in [0.29, 0.717) is 5.92 Å². The van der Waals surface area contributed by atoms with Crippen LogP contribution >= 0.6 is 35.1 Å². The molecule has 4 rings (SSSR count). The van der Waals surface area contributed by atoms with Gasteiger partial charge in [0.05, 0.1) is 10.9 Å². The number of nitrogens with zero attached hydrogens (tertiary/aromatic N) is 1. The summed E-state index contributed by atoms with van der Waals surface area (Å²) in [5.74, 6) is 0.672. The smallest absolute Gasteiger partial charge is 0.233 e. The summed E-state index contributed by atoms with van der Waals surface area (Å²) in [7, 11) is 0. The van der Waals surface area contributed by atoms with Crippen molar-refractivity contribution in [3.63, 3.8) is 0 Å². The normalized spacial score (nSPS) is 28.1. The number of aromatic nitrogens is 1. The Bertz CT molecular complexity index is 627. The number of thiophene rings is 1. The Kier molecular flexibility index (Phi) is 4.23. The van der Waals surface area contributed by atoms with E-state index in [0.717, 1.165) is 30.2 Å². The zero-order valence-electron chi connectivity index (χ0n) is 11.6. The van der Waals surface area contributed by atoms with E-state index in [2.05, 4.69) is 15.6 Å². The fraction of sp³-hybridized carbons (Fsp3) is 0.571. The van der Waals surface area contributed by atoms with Crippen molar-refractivity contribution >= 4 is 55.6 Å². The highest BCUT2D eigenvalue weighted by Crippen LogP contribution is 2.44. The molecule has 1 saturated heterocycles. The highest BCUT2D eigenvalue weighted by atomic mass is 35.5. The minimum Gasteiger partial charge on any atom is -0.315 e. The molecule has 4 nitrogen and oxygen atoms in total. The van der Waals surface area contributed by atoms with Crippen molar-refractivity contribution in [1.82, 2.24) is 10.3 Å². The van der Waals surface area contributed by atoms with E-state index in [1.54, 1.807) is 22.7 Å². The number of hydrogen-bond donors (Lipinski definition) is 2. The molecule has 0 radical (unpaired) electrons. The quantitative estimate of drug-likeness (QED) is 0.877. The monoisotopic (exact) mass is 343 g/mol. The Balaban J connectivity index is 0.00000132. The molecule has 21 heavy (non-hydrogen) atoms. The van der Waals surface area contributed by atoms with Gasteiger partial charge < -0.3 is 10.6 Å². The van der Waals surface area contributed by atoms with Crippen LogP contribution in [0.2, 0.25) is 0 Å². The Hall–Kier alpha value is -0.690. The number of carbonyl (C=O) groups is 1. The molecule has 7 heteroatoms. The van der Waals surface area contributed by atoms with E-state index in [4.69, 9.17) is 0 Å². The van der Waals surface area contributed by atoms with Gasteiger partial charge in [-0.1, -0.05) is 24.2 Å². The molecule has 2 aromatic heterocycles. The van der Waals surface area contributed by atoms with Crippen molar-refractivity contribution in [2.75, 3.05) is 18.4 Å². The molecule has 3 heterocycles. The lowest BCUT2D eigenvalue weighted by molar-refractivity contribution is -0.128. The zero-order valence-corrected chi connectivity index (χ0v) is 14.0. The Morgan fingerprint density at radius 3 is 3.24 bits per heavy atom. The number of thiazole rings is 1. The molecule has 2 aromatic rings. The molecule has 2 fully saturated rings. The van der Waals surface area contributed by atoms with Crippen LogP contribution in [0.5, 0.6) is 0 Å². The Labute approximate surface area is 137 Å². The molecular formula is C14H18ClN3OS2. The first-order valence-electron chi connectivity index (χ1n) is 7.14. The maximum atomic E-state index is 12.8. The van der Waals surface area contributed by atoms with Crippen molar-refractivity contribution < 1.29 is 4.79 Å². The van der Waals surface area contributed by atoms with E-state index < -0.39 is 0 Å². The van der Waals surface area contributed by atoms with Gasteiger partial charge in [-0.15, -0.1) is 23.7 Å². The van der Waals surface area contributed by atoms with Gasteiger partial charge in [0.25, 0.3) is 0 Å². The van der Waals surface area contributed by atoms with E-state index >= 15 is 0 Å². The molecule has 0 bridgehead atoms. The van der Waals surface area contributed by atoms with Gasteiger partial charge in [-0.25, -0.2) is 4.98 Å². The van der Waals surface area contributed by atoms with Crippen molar-refractivity contribution in [2.24, 2.45) is 11.3 Å². The van der Waals surface area contributed by atoms with E-state index in [1.165, 1.54) is 23.3 Å². The van der Waals surface area contributed by atoms with Gasteiger partial charge >= 0.3 is 0 Å². The second kappa shape index (κ2) is 5.83. The molecule has 2 atom stereocenters. The average Bonchev–Trinajstić information content (AvgIpc) is 3.11. The predicted molar refractivity (Wildman–Crippen MR) is 90.6 cm³/mol. The molecule has 2 aliphatic rings. The summed E-state index contributed by atoms with van der Waals surface area (Å²) < 4.78 is 1.18. The number of hydrogen-bond acceptors (Lipinski definition) is 5. The number of anilines is 1. The van der Waals surface area contributed by atoms with Gasteiger partial charge in [-0.3, -0.25) is 4.79 Å². The fourth-order valence-electron chi connectivity index (χ4n) is 3.63. The number of amides is 1. The predicted octanol–water partition coefficient (Wildman–Crippen LogP) is 3.50. The number of rotatable bonds is 2. The second-order valence-corrected chi connectivity index (χ2v) is 7.97. The summed E-state index contributed by atoms with van der Waals surface area (Å²) in [6.07, 6.45) is 4.61. The lowest BCUT2D eigenvalue weighted by atomic mass is 9.68. The van der Waals surface area contributed by atoms with Crippen LogP contribution in [0.3, 0.4) is 0 Å². The largest absolute Gasteiger partial charge is 0.315 e. The SMILES string of the molecule is Cl.O=C(Nc1nc2ccsc2s1)[C@@]12CCCC[C@H]1CNC2. The fourth-order valence-corrected chi connectivity index (χ4v) is 5.47. The standard InChI is InChI=1S/C14H17N3OS2.ClH/c18-12(14-5-2-1-3-9(14)7-15-8-14)17-13-16-10-4-6-19-11(10)20-13;/h4,6,9,15H,1-3,5,7-8H2,(H,16,17,18);1H/t9-,14+;/m0./s1. The molecule has 1 saturated carbocycles. The van der Waals surface area contributed by atoms with Crippen molar-refractivity contribution in [1.29, 1.82) is 0 Å². The first-order chi connectivity index (χ1) is 9.78. The van der Waals surface area contributed by atoms with E-state index in [9.17, 15) is 4.79 Å². The molecule has 0 aromatic carbocycles. The lowest BCUT2D eigenvalue weighted by Gasteiger charge is -2.36. The molecule has 1 aliphatic carbocycles. The maximum Gasteiger partial charge on any atom is 0.233 e. The van der Waals surface area contributed by atoms with Gasteiger partial charge in [0.15, 0.2) is 5.13 Å². The van der Waals surface area contributed by atoms with Crippen LogP contribution in [0.15, 0.2) is 11.4 Å². The highest BCUT2D eigenvalue weighted by molar-refractivity contribution is 7.39. The summed E-state index contributed by atoms with van der Waals surface area (Å²) in [5.41, 5.74) is 0.801. The van der Waals surface area contributed by atoms with Crippen LogP contribution in [-0.2, 0) is 4.79 Å². The summed E-state index contributed by atoms with van der Waals surface area (Å²) in [4.78, 5) is 17.3.